The Kier molecular flexibility index (Phi) is 7.74. The highest BCUT2D eigenvalue weighted by molar-refractivity contribution is 9.10. The molecule has 0 saturated carbocycles. The third-order valence-corrected chi connectivity index (χ3v) is 5.51. The third-order valence-electron chi connectivity index (χ3n) is 4.98. The molecule has 0 heterocycles. The van der Waals surface area contributed by atoms with Crippen LogP contribution in [0.1, 0.15) is 15.9 Å². The predicted octanol–water partition coefficient (Wildman–Crippen LogP) is 5.36. The van der Waals surface area contributed by atoms with Crippen molar-refractivity contribution in [3.05, 3.63) is 101 Å². The molecule has 0 aliphatic heterocycles. The second-order valence-corrected chi connectivity index (χ2v) is 8.28. The van der Waals surface area contributed by atoms with E-state index in [9.17, 15) is 9.59 Å². The quantitative estimate of drug-likeness (QED) is 0.143. The van der Waals surface area contributed by atoms with Gasteiger partial charge in [-0.3, -0.25) is 4.79 Å². The van der Waals surface area contributed by atoms with Crippen LogP contribution < -0.4 is 19.6 Å². The fourth-order valence-electron chi connectivity index (χ4n) is 3.27. The number of hydrazone groups is 1. The minimum absolute atomic E-state index is 0.181. The van der Waals surface area contributed by atoms with Crippen molar-refractivity contribution >= 4 is 44.8 Å². The fourth-order valence-corrected chi connectivity index (χ4v) is 3.53. The molecule has 0 aliphatic carbocycles. The van der Waals surface area contributed by atoms with Gasteiger partial charge < -0.3 is 14.2 Å². The lowest BCUT2D eigenvalue weighted by Crippen LogP contribution is -2.24. The lowest BCUT2D eigenvalue weighted by molar-refractivity contribution is -0.123. The van der Waals surface area contributed by atoms with Crippen molar-refractivity contribution in [1.82, 2.24) is 5.43 Å². The Hall–Kier alpha value is -4.17. The fraction of sp³-hybridized carbons (Fsp3) is 0.0741. The Labute approximate surface area is 210 Å². The number of halogens is 1. The van der Waals surface area contributed by atoms with Crippen LogP contribution in [0, 0.1) is 0 Å². The molecular formula is C27H21BrN2O5. The molecule has 0 saturated heterocycles. The molecule has 4 rings (SSSR count). The highest BCUT2D eigenvalue weighted by Gasteiger charge is 2.13. The minimum Gasteiger partial charge on any atom is -0.493 e. The van der Waals surface area contributed by atoms with Crippen LogP contribution in [0.3, 0.4) is 0 Å². The Balaban J connectivity index is 1.34. The van der Waals surface area contributed by atoms with Gasteiger partial charge in [0.2, 0.25) is 0 Å². The molecule has 0 spiro atoms. The zero-order chi connectivity index (χ0) is 24.6. The van der Waals surface area contributed by atoms with Gasteiger partial charge in [-0.25, -0.2) is 10.2 Å². The SMILES string of the molecule is COc1cc(C=NNC(=O)COc2cccc3ccccc23)ccc1OC(=O)c1ccc(Br)cc1. The van der Waals surface area contributed by atoms with Gasteiger partial charge in [0, 0.05) is 9.86 Å². The summed E-state index contributed by atoms with van der Waals surface area (Å²) in [6.45, 7) is -0.181. The number of nitrogens with one attached hydrogen (secondary N) is 1. The molecule has 0 aliphatic rings. The number of hydrogen-bond donors (Lipinski definition) is 1. The van der Waals surface area contributed by atoms with Gasteiger partial charge in [-0.1, -0.05) is 52.3 Å². The van der Waals surface area contributed by atoms with Gasteiger partial charge >= 0.3 is 5.97 Å². The molecule has 4 aromatic rings. The summed E-state index contributed by atoms with van der Waals surface area (Å²) in [6.07, 6.45) is 1.46. The molecule has 8 heteroatoms. The number of esters is 1. The van der Waals surface area contributed by atoms with Crippen LogP contribution in [0.25, 0.3) is 10.8 Å². The van der Waals surface area contributed by atoms with Crippen molar-refractivity contribution in [2.45, 2.75) is 0 Å². The molecule has 0 radical (unpaired) electrons. The van der Waals surface area contributed by atoms with E-state index in [0.717, 1.165) is 15.2 Å². The monoisotopic (exact) mass is 532 g/mol. The first-order valence-corrected chi connectivity index (χ1v) is 11.4. The number of amides is 1. The first-order chi connectivity index (χ1) is 17.0. The van der Waals surface area contributed by atoms with E-state index in [1.165, 1.54) is 13.3 Å². The Morgan fingerprint density at radius 1 is 0.914 bits per heavy atom. The lowest BCUT2D eigenvalue weighted by Gasteiger charge is -2.10. The summed E-state index contributed by atoms with van der Waals surface area (Å²) < 4.78 is 17.3. The average molecular weight is 533 g/mol. The molecule has 1 N–H and O–H groups in total. The maximum Gasteiger partial charge on any atom is 0.343 e. The number of methoxy groups -OCH3 is 1. The van der Waals surface area contributed by atoms with Gasteiger partial charge in [-0.05, 0) is 59.5 Å². The summed E-state index contributed by atoms with van der Waals surface area (Å²) in [5.74, 6) is 0.340. The van der Waals surface area contributed by atoms with Gasteiger partial charge in [0.15, 0.2) is 18.1 Å². The maximum absolute atomic E-state index is 12.4. The normalized spacial score (nSPS) is 10.8. The molecule has 4 aromatic carbocycles. The zero-order valence-corrected chi connectivity index (χ0v) is 20.3. The van der Waals surface area contributed by atoms with Crippen LogP contribution in [-0.2, 0) is 4.79 Å². The van der Waals surface area contributed by atoms with Crippen LogP contribution in [0.4, 0.5) is 0 Å². The average Bonchev–Trinajstić information content (AvgIpc) is 2.88. The standard InChI is InChI=1S/C27H21BrN2O5/c1-33-25-15-18(9-14-24(25)35-27(32)20-10-12-21(28)13-11-20)16-29-30-26(31)17-34-23-8-4-6-19-5-2-3-7-22(19)23/h2-16H,17H2,1H3,(H,30,31). The number of carbonyl (C=O) groups excluding carboxylic acids is 2. The van der Waals surface area contributed by atoms with Crippen molar-refractivity contribution in [3.63, 3.8) is 0 Å². The molecule has 0 unspecified atom stereocenters. The Morgan fingerprint density at radius 2 is 1.69 bits per heavy atom. The smallest absolute Gasteiger partial charge is 0.343 e. The topological polar surface area (TPSA) is 86.2 Å². The minimum atomic E-state index is -0.504. The summed E-state index contributed by atoms with van der Waals surface area (Å²) >= 11 is 3.33. The molecule has 176 valence electrons. The van der Waals surface area contributed by atoms with Crippen LogP contribution in [0.2, 0.25) is 0 Å². The van der Waals surface area contributed by atoms with Gasteiger partial charge in [0.05, 0.1) is 18.9 Å². The largest absolute Gasteiger partial charge is 0.493 e. The number of benzene rings is 4. The Bertz CT molecular complexity index is 1380. The number of hydrogen-bond acceptors (Lipinski definition) is 6. The molecular weight excluding hydrogens is 512 g/mol. The van der Waals surface area contributed by atoms with Gasteiger partial charge in [-0.2, -0.15) is 5.10 Å². The molecule has 7 nitrogen and oxygen atoms in total. The van der Waals surface area contributed by atoms with Crippen LogP contribution in [0.15, 0.2) is 94.5 Å². The van der Waals surface area contributed by atoms with Crippen molar-refractivity contribution in [1.29, 1.82) is 0 Å². The van der Waals surface area contributed by atoms with Crippen molar-refractivity contribution in [2.24, 2.45) is 5.10 Å². The summed E-state index contributed by atoms with van der Waals surface area (Å²) in [5.41, 5.74) is 3.49. The van der Waals surface area contributed by atoms with E-state index in [2.05, 4.69) is 26.5 Å². The number of rotatable bonds is 8. The first-order valence-electron chi connectivity index (χ1n) is 10.6. The summed E-state index contributed by atoms with van der Waals surface area (Å²) in [6, 6.07) is 25.2. The van der Waals surface area contributed by atoms with Crippen molar-refractivity contribution in [2.75, 3.05) is 13.7 Å². The van der Waals surface area contributed by atoms with E-state index in [1.54, 1.807) is 42.5 Å². The summed E-state index contributed by atoms with van der Waals surface area (Å²) in [5, 5.41) is 5.93. The number of fused-ring (bicyclic) bond motifs is 1. The van der Waals surface area contributed by atoms with E-state index >= 15 is 0 Å². The lowest BCUT2D eigenvalue weighted by atomic mass is 10.1. The van der Waals surface area contributed by atoms with Gasteiger partial charge in [-0.15, -0.1) is 0 Å². The third kappa shape index (κ3) is 6.24. The van der Waals surface area contributed by atoms with E-state index in [1.807, 2.05) is 42.5 Å². The molecule has 1 amide bonds. The van der Waals surface area contributed by atoms with Crippen molar-refractivity contribution < 1.29 is 23.8 Å². The van der Waals surface area contributed by atoms with E-state index in [0.29, 0.717) is 22.6 Å². The second kappa shape index (κ2) is 11.3. The zero-order valence-electron chi connectivity index (χ0n) is 18.7. The highest BCUT2D eigenvalue weighted by Crippen LogP contribution is 2.29. The summed E-state index contributed by atoms with van der Waals surface area (Å²) in [4.78, 5) is 24.5. The number of nitrogens with zero attached hydrogens (tertiary/aromatic N) is 1. The maximum atomic E-state index is 12.4. The van der Waals surface area contributed by atoms with E-state index in [-0.39, 0.29) is 12.4 Å². The van der Waals surface area contributed by atoms with Crippen LogP contribution >= 0.6 is 15.9 Å². The first kappa shape index (κ1) is 24.0. The predicted molar refractivity (Wildman–Crippen MR) is 137 cm³/mol. The summed E-state index contributed by atoms with van der Waals surface area (Å²) in [7, 11) is 1.47. The molecule has 0 fully saturated rings. The van der Waals surface area contributed by atoms with Crippen molar-refractivity contribution in [3.8, 4) is 17.2 Å². The Morgan fingerprint density at radius 3 is 2.49 bits per heavy atom. The molecule has 0 atom stereocenters. The van der Waals surface area contributed by atoms with Crippen LogP contribution in [-0.4, -0.2) is 31.8 Å². The molecule has 0 bridgehead atoms. The van der Waals surface area contributed by atoms with E-state index < -0.39 is 11.9 Å². The van der Waals surface area contributed by atoms with Gasteiger partial charge in [0.25, 0.3) is 5.91 Å². The molecule has 35 heavy (non-hydrogen) atoms. The highest BCUT2D eigenvalue weighted by atomic mass is 79.9. The number of ether oxygens (including phenoxy) is 3. The van der Waals surface area contributed by atoms with Gasteiger partial charge in [0.1, 0.15) is 5.75 Å². The van der Waals surface area contributed by atoms with Crippen LogP contribution in [0.5, 0.6) is 17.2 Å². The molecule has 0 aromatic heterocycles. The van der Waals surface area contributed by atoms with E-state index in [4.69, 9.17) is 14.2 Å². The number of carbonyl (C=O) groups is 2. The second-order valence-electron chi connectivity index (χ2n) is 7.37.